The summed E-state index contributed by atoms with van der Waals surface area (Å²) in [6.45, 7) is 0.551. The number of benzene rings is 1. The van der Waals surface area contributed by atoms with E-state index in [0.29, 0.717) is 18.2 Å². The monoisotopic (exact) mass is 349 g/mol. The van der Waals surface area contributed by atoms with Gasteiger partial charge in [-0.1, -0.05) is 19.3 Å². The highest BCUT2D eigenvalue weighted by Crippen LogP contribution is 2.33. The van der Waals surface area contributed by atoms with Crippen LogP contribution in [0.25, 0.3) is 11.0 Å². The second-order valence-corrected chi connectivity index (χ2v) is 6.86. The van der Waals surface area contributed by atoms with E-state index < -0.39 is 0 Å². The topological polar surface area (TPSA) is 62.5 Å². The van der Waals surface area contributed by atoms with E-state index in [9.17, 15) is 9.90 Å². The van der Waals surface area contributed by atoms with E-state index in [4.69, 9.17) is 4.42 Å². The van der Waals surface area contributed by atoms with Gasteiger partial charge in [0, 0.05) is 23.5 Å². The Morgan fingerprint density at radius 2 is 1.83 bits per heavy atom. The second kappa shape index (κ2) is 7.16. The summed E-state index contributed by atoms with van der Waals surface area (Å²) in [5, 5.41) is 14.8. The molecule has 130 valence electrons. The van der Waals surface area contributed by atoms with Crippen LogP contribution in [0.15, 0.2) is 21.3 Å². The van der Waals surface area contributed by atoms with Crippen LogP contribution in [0.1, 0.15) is 55.2 Å². The molecule has 0 unspecified atom stereocenters. The van der Waals surface area contributed by atoms with E-state index in [0.717, 1.165) is 41.3 Å². The number of hydrogen-bond acceptors (Lipinski definition) is 4. The van der Waals surface area contributed by atoms with Gasteiger partial charge in [-0.2, -0.15) is 0 Å². The predicted molar refractivity (Wildman–Crippen MR) is 97.1 cm³/mol. The van der Waals surface area contributed by atoms with Crippen LogP contribution in [0.4, 0.5) is 0 Å². The number of halogens is 1. The van der Waals surface area contributed by atoms with Crippen LogP contribution in [0.2, 0.25) is 0 Å². The molecule has 0 spiro atoms. The lowest BCUT2D eigenvalue weighted by Crippen LogP contribution is -2.30. The number of fused-ring (bicyclic) bond motifs is 3. The third-order valence-corrected chi connectivity index (χ3v) is 5.39. The Kier molecular flexibility index (Phi) is 5.16. The van der Waals surface area contributed by atoms with Crippen molar-refractivity contribution in [3.05, 3.63) is 39.2 Å². The van der Waals surface area contributed by atoms with E-state index in [2.05, 4.69) is 5.32 Å². The molecule has 1 aromatic carbocycles. The van der Waals surface area contributed by atoms with Crippen LogP contribution in [0.5, 0.6) is 5.75 Å². The molecule has 4 rings (SSSR count). The molecule has 2 aliphatic rings. The number of hydrogen-bond donors (Lipinski definition) is 2. The first kappa shape index (κ1) is 17.3. The minimum absolute atomic E-state index is 0. The van der Waals surface area contributed by atoms with Gasteiger partial charge in [-0.25, -0.2) is 4.79 Å². The van der Waals surface area contributed by atoms with Crippen molar-refractivity contribution in [2.75, 3.05) is 0 Å². The molecule has 0 aliphatic heterocycles. The molecule has 1 heterocycles. The molecule has 24 heavy (non-hydrogen) atoms. The molecule has 1 saturated carbocycles. The summed E-state index contributed by atoms with van der Waals surface area (Å²) in [7, 11) is 0. The first-order chi connectivity index (χ1) is 11.2. The van der Waals surface area contributed by atoms with Gasteiger partial charge in [0.05, 0.1) is 5.56 Å². The predicted octanol–water partition coefficient (Wildman–Crippen LogP) is 3.83. The Labute approximate surface area is 147 Å². The highest BCUT2D eigenvalue weighted by molar-refractivity contribution is 5.86. The molecule has 0 atom stereocenters. The van der Waals surface area contributed by atoms with Crippen molar-refractivity contribution in [1.29, 1.82) is 0 Å². The summed E-state index contributed by atoms with van der Waals surface area (Å²) in [5.41, 5.74) is 3.01. The van der Waals surface area contributed by atoms with Crippen molar-refractivity contribution >= 4 is 23.4 Å². The van der Waals surface area contributed by atoms with Gasteiger partial charge in [0.1, 0.15) is 11.3 Å². The molecule has 2 aliphatic carbocycles. The molecule has 0 bridgehead atoms. The Balaban J connectivity index is 0.00000169. The van der Waals surface area contributed by atoms with Gasteiger partial charge in [0.15, 0.2) is 0 Å². The summed E-state index contributed by atoms with van der Waals surface area (Å²) >= 11 is 0. The zero-order valence-corrected chi connectivity index (χ0v) is 14.6. The fraction of sp³-hybridized carbons (Fsp3) is 0.526. The van der Waals surface area contributed by atoms with Gasteiger partial charge in [-0.15, -0.1) is 12.4 Å². The van der Waals surface area contributed by atoms with E-state index in [-0.39, 0.29) is 23.8 Å². The number of nitrogens with one attached hydrogen (secondary N) is 1. The Morgan fingerprint density at radius 3 is 2.62 bits per heavy atom. The largest absolute Gasteiger partial charge is 0.507 e. The van der Waals surface area contributed by atoms with Crippen LogP contribution < -0.4 is 10.9 Å². The second-order valence-electron chi connectivity index (χ2n) is 6.86. The van der Waals surface area contributed by atoms with Gasteiger partial charge >= 0.3 is 5.63 Å². The number of phenols is 1. The lowest BCUT2D eigenvalue weighted by atomic mass is 9.95. The molecule has 0 amide bonds. The zero-order valence-electron chi connectivity index (χ0n) is 13.8. The van der Waals surface area contributed by atoms with Crippen LogP contribution in [0, 0.1) is 0 Å². The third-order valence-electron chi connectivity index (χ3n) is 5.39. The van der Waals surface area contributed by atoms with E-state index >= 15 is 0 Å². The van der Waals surface area contributed by atoms with Crippen LogP contribution in [0.3, 0.4) is 0 Å². The number of phenolic OH excluding ortho intramolecular Hbond substituents is 1. The zero-order chi connectivity index (χ0) is 15.8. The van der Waals surface area contributed by atoms with Gasteiger partial charge in [-0.05, 0) is 49.8 Å². The van der Waals surface area contributed by atoms with Crippen molar-refractivity contribution in [1.82, 2.24) is 5.32 Å². The molecule has 0 radical (unpaired) electrons. The van der Waals surface area contributed by atoms with Gasteiger partial charge in [0.25, 0.3) is 0 Å². The maximum atomic E-state index is 12.2. The average Bonchev–Trinajstić information content (AvgIpc) is 3.05. The molecule has 4 nitrogen and oxygen atoms in total. The molecular weight excluding hydrogens is 326 g/mol. The maximum Gasteiger partial charge on any atom is 0.339 e. The fourth-order valence-electron chi connectivity index (χ4n) is 4.12. The average molecular weight is 350 g/mol. The number of aryl methyl sites for hydroxylation is 1. The molecule has 2 N–H and O–H groups in total. The Hall–Kier alpha value is -1.52. The van der Waals surface area contributed by atoms with E-state index in [1.54, 1.807) is 6.07 Å². The molecule has 1 aromatic heterocycles. The first-order valence-electron chi connectivity index (χ1n) is 8.77. The summed E-state index contributed by atoms with van der Waals surface area (Å²) in [6.07, 6.45) is 8.97. The summed E-state index contributed by atoms with van der Waals surface area (Å²) < 4.78 is 5.60. The lowest BCUT2D eigenvalue weighted by molar-refractivity contribution is 0.368. The van der Waals surface area contributed by atoms with Crippen molar-refractivity contribution in [3.63, 3.8) is 0 Å². The Bertz CT molecular complexity index is 793. The van der Waals surface area contributed by atoms with E-state index in [1.165, 1.54) is 32.1 Å². The summed E-state index contributed by atoms with van der Waals surface area (Å²) in [6, 6.07) is 4.13. The van der Waals surface area contributed by atoms with E-state index in [1.807, 2.05) is 6.07 Å². The third kappa shape index (κ3) is 3.05. The SMILES string of the molecule is Cl.O=c1oc2c(CNC3CCCCC3)c(O)ccc2c2c1CCC2. The highest BCUT2D eigenvalue weighted by atomic mass is 35.5. The lowest BCUT2D eigenvalue weighted by Gasteiger charge is -2.23. The summed E-state index contributed by atoms with van der Waals surface area (Å²) in [4.78, 5) is 12.2. The Morgan fingerprint density at radius 1 is 1.08 bits per heavy atom. The number of aromatic hydroxyl groups is 1. The molecule has 1 fully saturated rings. The maximum absolute atomic E-state index is 12.2. The van der Waals surface area contributed by atoms with Gasteiger partial charge < -0.3 is 14.8 Å². The molecule has 2 aromatic rings. The minimum atomic E-state index is -0.227. The molecular formula is C19H24ClNO3. The van der Waals surface area contributed by atoms with Crippen molar-refractivity contribution in [2.24, 2.45) is 0 Å². The van der Waals surface area contributed by atoms with Crippen LogP contribution >= 0.6 is 12.4 Å². The fourth-order valence-corrected chi connectivity index (χ4v) is 4.12. The standard InChI is InChI=1S/C19H23NO3.ClH/c21-17-10-9-14-13-7-4-8-15(13)19(22)23-18(14)16(17)11-20-12-5-2-1-3-6-12;/h9-10,12,20-21H,1-8,11H2;1H. The first-order valence-corrected chi connectivity index (χ1v) is 8.77. The minimum Gasteiger partial charge on any atom is -0.507 e. The quantitative estimate of drug-likeness (QED) is 0.827. The normalized spacial score (nSPS) is 17.7. The molecule has 5 heteroatoms. The molecule has 0 saturated heterocycles. The van der Waals surface area contributed by atoms with Gasteiger partial charge in [0.2, 0.25) is 0 Å². The highest BCUT2D eigenvalue weighted by Gasteiger charge is 2.22. The van der Waals surface area contributed by atoms with Gasteiger partial charge in [-0.3, -0.25) is 0 Å². The van der Waals surface area contributed by atoms with Crippen molar-refractivity contribution < 1.29 is 9.52 Å². The van der Waals surface area contributed by atoms with Crippen LogP contribution in [-0.4, -0.2) is 11.1 Å². The summed E-state index contributed by atoms with van der Waals surface area (Å²) in [5.74, 6) is 0.210. The van der Waals surface area contributed by atoms with Crippen LogP contribution in [-0.2, 0) is 19.4 Å². The number of rotatable bonds is 3. The smallest absolute Gasteiger partial charge is 0.339 e. The van der Waals surface area contributed by atoms with Crippen molar-refractivity contribution in [3.8, 4) is 5.75 Å². The van der Waals surface area contributed by atoms with Crippen molar-refractivity contribution in [2.45, 2.75) is 64.0 Å².